The van der Waals surface area contributed by atoms with Crippen LogP contribution in [0.1, 0.15) is 23.1 Å². The Bertz CT molecular complexity index is 948. The zero-order valence-electron chi connectivity index (χ0n) is 12.5. The average Bonchev–Trinajstić information content (AvgIpc) is 2.94. The summed E-state index contributed by atoms with van der Waals surface area (Å²) in [6, 6.07) is 9.32. The summed E-state index contributed by atoms with van der Waals surface area (Å²) in [4.78, 5) is 8.05. The number of allylic oxidation sites excluding steroid dienone is 1. The summed E-state index contributed by atoms with van der Waals surface area (Å²) in [5, 5.41) is 0.874. The Morgan fingerprint density at radius 1 is 1.26 bits per heavy atom. The van der Waals surface area contributed by atoms with Gasteiger partial charge < -0.3 is 5.73 Å². The zero-order valence-corrected chi connectivity index (χ0v) is 13.3. The third kappa shape index (κ3) is 3.55. The van der Waals surface area contributed by atoms with E-state index in [1.165, 1.54) is 17.7 Å². The van der Waals surface area contributed by atoms with Crippen LogP contribution in [-0.2, 0) is 6.42 Å². The van der Waals surface area contributed by atoms with E-state index >= 15 is 0 Å². The van der Waals surface area contributed by atoms with Crippen molar-refractivity contribution >= 4 is 33.4 Å². The molecule has 0 aliphatic rings. The molecule has 2 heterocycles. The topological polar surface area (TPSA) is 51.8 Å². The highest BCUT2D eigenvalue weighted by Crippen LogP contribution is 2.24. The van der Waals surface area contributed by atoms with Crippen LogP contribution in [-0.4, -0.2) is 9.97 Å². The van der Waals surface area contributed by atoms with Gasteiger partial charge in [0.2, 0.25) is 5.95 Å². The Morgan fingerprint density at radius 2 is 2.13 bits per heavy atom. The van der Waals surface area contributed by atoms with Crippen LogP contribution in [0.3, 0.4) is 0 Å². The minimum Gasteiger partial charge on any atom is -0.384 e. The number of hydrogen-bond acceptors (Lipinski definition) is 4. The molecule has 0 fully saturated rings. The number of benzene rings is 1. The summed E-state index contributed by atoms with van der Waals surface area (Å²) in [5.41, 5.74) is 7.89. The predicted octanol–water partition coefficient (Wildman–Crippen LogP) is 4.04. The van der Waals surface area contributed by atoms with Gasteiger partial charge in [0, 0.05) is 0 Å². The van der Waals surface area contributed by atoms with Crippen molar-refractivity contribution in [3.63, 3.8) is 0 Å². The molecule has 0 radical (unpaired) electrons. The maximum absolute atomic E-state index is 13.5. The third-order valence-corrected chi connectivity index (χ3v) is 4.25. The molecule has 0 atom stereocenters. The maximum atomic E-state index is 13.5. The van der Waals surface area contributed by atoms with Crippen molar-refractivity contribution < 1.29 is 4.39 Å². The number of pyridine rings is 1. The number of nitrogens with two attached hydrogens (primary N) is 1. The molecule has 3 rings (SSSR count). The van der Waals surface area contributed by atoms with E-state index in [1.54, 1.807) is 17.4 Å². The maximum Gasteiger partial charge on any atom is 0.230 e. The van der Waals surface area contributed by atoms with E-state index in [0.717, 1.165) is 21.6 Å². The van der Waals surface area contributed by atoms with Crippen LogP contribution in [0.5, 0.6) is 0 Å². The Hall–Kier alpha value is -2.71. The molecule has 2 N–H and O–H groups in total. The summed E-state index contributed by atoms with van der Waals surface area (Å²) in [6.45, 7) is 2.13. The van der Waals surface area contributed by atoms with E-state index < -0.39 is 5.95 Å². The first-order valence-corrected chi connectivity index (χ1v) is 7.97. The molecule has 114 valence electrons. The summed E-state index contributed by atoms with van der Waals surface area (Å²) in [7, 11) is 0. The highest BCUT2D eigenvalue weighted by molar-refractivity contribution is 7.19. The smallest absolute Gasteiger partial charge is 0.230 e. The molecule has 1 aromatic carbocycles. The summed E-state index contributed by atoms with van der Waals surface area (Å²) in [6.07, 6.45) is 4.49. The van der Waals surface area contributed by atoms with Gasteiger partial charge in [-0.05, 0) is 48.4 Å². The molecule has 0 spiro atoms. The molecule has 5 heteroatoms. The van der Waals surface area contributed by atoms with Gasteiger partial charge in [-0.25, -0.2) is 9.97 Å². The van der Waals surface area contributed by atoms with Gasteiger partial charge in [0.25, 0.3) is 0 Å². The predicted molar refractivity (Wildman–Crippen MR) is 93.5 cm³/mol. The molecular formula is C18H14FN3S. The molecule has 0 bridgehead atoms. The van der Waals surface area contributed by atoms with E-state index in [2.05, 4.69) is 40.9 Å². The van der Waals surface area contributed by atoms with Crippen molar-refractivity contribution in [1.82, 2.24) is 9.97 Å². The van der Waals surface area contributed by atoms with Crippen LogP contribution in [0.4, 0.5) is 10.2 Å². The van der Waals surface area contributed by atoms with E-state index in [1.807, 2.05) is 12.1 Å². The van der Waals surface area contributed by atoms with Gasteiger partial charge in [-0.3, -0.25) is 0 Å². The van der Waals surface area contributed by atoms with Crippen molar-refractivity contribution in [2.75, 3.05) is 5.73 Å². The van der Waals surface area contributed by atoms with Crippen molar-refractivity contribution in [3.8, 4) is 11.8 Å². The van der Waals surface area contributed by atoms with Gasteiger partial charge in [0.1, 0.15) is 10.8 Å². The SMILES string of the molecule is CCc1ccc2nc(/C=C/C#Cc3ccc(N)nc3F)sc2c1. The number of nitrogens with zero attached hydrogens (tertiary/aromatic N) is 2. The van der Waals surface area contributed by atoms with Crippen LogP contribution in [0.2, 0.25) is 0 Å². The number of halogens is 1. The van der Waals surface area contributed by atoms with Crippen LogP contribution in [0.25, 0.3) is 16.3 Å². The molecular weight excluding hydrogens is 309 g/mol. The lowest BCUT2D eigenvalue weighted by Gasteiger charge is -1.93. The molecule has 0 saturated carbocycles. The molecule has 2 aromatic heterocycles. The fourth-order valence-electron chi connectivity index (χ4n) is 2.05. The highest BCUT2D eigenvalue weighted by atomic mass is 32.1. The van der Waals surface area contributed by atoms with Gasteiger partial charge in [-0.2, -0.15) is 4.39 Å². The summed E-state index contributed by atoms with van der Waals surface area (Å²) in [5.74, 6) is 4.99. The number of aromatic nitrogens is 2. The molecule has 23 heavy (non-hydrogen) atoms. The number of hydrogen-bond donors (Lipinski definition) is 1. The zero-order chi connectivity index (χ0) is 16.2. The normalized spacial score (nSPS) is 10.9. The number of fused-ring (bicyclic) bond motifs is 1. The first kappa shape index (κ1) is 15.2. The first-order chi connectivity index (χ1) is 11.2. The van der Waals surface area contributed by atoms with Gasteiger partial charge in [-0.1, -0.05) is 24.8 Å². The Labute approximate surface area is 137 Å². The van der Waals surface area contributed by atoms with Gasteiger partial charge in [0.15, 0.2) is 0 Å². The number of anilines is 1. The molecule has 0 unspecified atom stereocenters. The number of thiazole rings is 1. The lowest BCUT2D eigenvalue weighted by Crippen LogP contribution is -1.94. The minimum atomic E-state index is -0.655. The van der Waals surface area contributed by atoms with Gasteiger partial charge in [-0.15, -0.1) is 11.3 Å². The molecule has 0 saturated heterocycles. The Balaban J connectivity index is 1.79. The molecule has 0 aliphatic heterocycles. The number of aryl methyl sites for hydroxylation is 1. The van der Waals surface area contributed by atoms with Crippen LogP contribution in [0.15, 0.2) is 36.4 Å². The average molecular weight is 323 g/mol. The quantitative estimate of drug-likeness (QED) is 0.572. The molecule has 0 aliphatic carbocycles. The standard InChI is InChI=1S/C18H14FN3S/c1-2-12-7-9-14-15(11-12)23-17(21-14)6-4-3-5-13-8-10-16(20)22-18(13)19/h4,6-11H,2H2,1H3,(H2,20,22)/b6-4+. The summed E-state index contributed by atoms with van der Waals surface area (Å²) >= 11 is 1.61. The Morgan fingerprint density at radius 3 is 2.91 bits per heavy atom. The van der Waals surface area contributed by atoms with Crippen molar-refractivity contribution in [2.24, 2.45) is 0 Å². The fourth-order valence-corrected chi connectivity index (χ4v) is 2.99. The molecule has 0 amide bonds. The van der Waals surface area contributed by atoms with Gasteiger partial charge in [0.05, 0.1) is 15.8 Å². The largest absolute Gasteiger partial charge is 0.384 e. The molecule has 3 nitrogen and oxygen atoms in total. The second kappa shape index (κ2) is 6.59. The van der Waals surface area contributed by atoms with E-state index in [-0.39, 0.29) is 11.4 Å². The molecule has 3 aromatic rings. The summed E-state index contributed by atoms with van der Waals surface area (Å²) < 4.78 is 14.6. The Kier molecular flexibility index (Phi) is 4.35. The second-order valence-electron chi connectivity index (χ2n) is 4.88. The fraction of sp³-hybridized carbons (Fsp3) is 0.111. The van der Waals surface area contributed by atoms with Gasteiger partial charge >= 0.3 is 0 Å². The van der Waals surface area contributed by atoms with Crippen LogP contribution >= 0.6 is 11.3 Å². The lowest BCUT2D eigenvalue weighted by molar-refractivity contribution is 0.582. The number of rotatable bonds is 2. The van der Waals surface area contributed by atoms with E-state index in [4.69, 9.17) is 5.73 Å². The second-order valence-corrected chi connectivity index (χ2v) is 5.95. The van der Waals surface area contributed by atoms with Crippen molar-refractivity contribution in [3.05, 3.63) is 58.5 Å². The van der Waals surface area contributed by atoms with E-state index in [9.17, 15) is 4.39 Å². The van der Waals surface area contributed by atoms with Crippen molar-refractivity contribution in [2.45, 2.75) is 13.3 Å². The van der Waals surface area contributed by atoms with Crippen LogP contribution < -0.4 is 5.73 Å². The number of nitrogen functional groups attached to an aromatic ring is 1. The third-order valence-electron chi connectivity index (χ3n) is 3.26. The van der Waals surface area contributed by atoms with E-state index in [0.29, 0.717) is 0 Å². The van der Waals surface area contributed by atoms with Crippen molar-refractivity contribution in [1.29, 1.82) is 0 Å². The highest BCUT2D eigenvalue weighted by Gasteiger charge is 2.02. The van der Waals surface area contributed by atoms with Crippen LogP contribution in [0, 0.1) is 17.8 Å². The first-order valence-electron chi connectivity index (χ1n) is 7.15. The minimum absolute atomic E-state index is 0.143. The lowest BCUT2D eigenvalue weighted by atomic mass is 10.2. The monoisotopic (exact) mass is 323 g/mol.